The molecule has 0 aliphatic carbocycles. The van der Waals surface area contributed by atoms with Gasteiger partial charge >= 0.3 is 0 Å². The molecule has 0 saturated heterocycles. The van der Waals surface area contributed by atoms with E-state index in [-0.39, 0.29) is 0 Å². The molecular formula is C15H10ClF2NO. The van der Waals surface area contributed by atoms with E-state index in [0.717, 1.165) is 11.5 Å². The average molecular weight is 294 g/mol. The lowest BCUT2D eigenvalue weighted by Crippen LogP contribution is -2.11. The summed E-state index contributed by atoms with van der Waals surface area (Å²) in [5.41, 5.74) is 6.88. The second kappa shape index (κ2) is 4.89. The van der Waals surface area contributed by atoms with E-state index < -0.39 is 17.7 Å². The zero-order chi connectivity index (χ0) is 14.3. The van der Waals surface area contributed by atoms with Crippen LogP contribution in [0.2, 0.25) is 5.02 Å². The highest BCUT2D eigenvalue weighted by Crippen LogP contribution is 2.31. The maximum absolute atomic E-state index is 13.2. The van der Waals surface area contributed by atoms with Crippen LogP contribution in [0.3, 0.4) is 0 Å². The Labute approximate surface area is 118 Å². The van der Waals surface area contributed by atoms with E-state index in [0.29, 0.717) is 21.9 Å². The van der Waals surface area contributed by atoms with Gasteiger partial charge < -0.3 is 10.2 Å². The summed E-state index contributed by atoms with van der Waals surface area (Å²) in [6.07, 6.45) is 0. The van der Waals surface area contributed by atoms with E-state index in [4.69, 9.17) is 21.8 Å². The van der Waals surface area contributed by atoms with Gasteiger partial charge in [0.05, 0.1) is 11.1 Å². The first-order valence-corrected chi connectivity index (χ1v) is 6.32. The number of furan rings is 1. The van der Waals surface area contributed by atoms with E-state index in [2.05, 4.69) is 0 Å². The number of benzene rings is 2. The molecule has 0 radical (unpaired) electrons. The van der Waals surface area contributed by atoms with Gasteiger partial charge in [0.25, 0.3) is 0 Å². The summed E-state index contributed by atoms with van der Waals surface area (Å²) in [5, 5.41) is 1.26. The Kier molecular flexibility index (Phi) is 3.20. The molecule has 3 aromatic rings. The van der Waals surface area contributed by atoms with E-state index in [1.165, 1.54) is 12.1 Å². The summed E-state index contributed by atoms with van der Waals surface area (Å²) in [6.45, 7) is 0. The summed E-state index contributed by atoms with van der Waals surface area (Å²) in [5.74, 6) is -0.952. The third-order valence-corrected chi connectivity index (χ3v) is 3.41. The van der Waals surface area contributed by atoms with Gasteiger partial charge in [0, 0.05) is 11.5 Å². The van der Waals surface area contributed by atoms with Crippen molar-refractivity contribution in [3.05, 3.63) is 70.4 Å². The molecule has 1 unspecified atom stereocenters. The largest absolute Gasteiger partial charge is 0.459 e. The van der Waals surface area contributed by atoms with Crippen LogP contribution in [0.15, 0.2) is 46.9 Å². The SMILES string of the molecule is NC(c1cc(F)cc(F)c1)c1cc2c(Cl)cccc2o1. The van der Waals surface area contributed by atoms with Crippen LogP contribution in [-0.2, 0) is 0 Å². The van der Waals surface area contributed by atoms with Crippen molar-refractivity contribution in [3.63, 3.8) is 0 Å². The fourth-order valence-electron chi connectivity index (χ4n) is 2.12. The number of halogens is 3. The van der Waals surface area contributed by atoms with Crippen LogP contribution in [0.25, 0.3) is 11.0 Å². The van der Waals surface area contributed by atoms with Crippen molar-refractivity contribution >= 4 is 22.6 Å². The fraction of sp³-hybridized carbons (Fsp3) is 0.0667. The molecule has 1 heterocycles. The summed E-state index contributed by atoms with van der Waals surface area (Å²) >= 11 is 6.05. The van der Waals surface area contributed by atoms with E-state index in [9.17, 15) is 8.78 Å². The lowest BCUT2D eigenvalue weighted by Gasteiger charge is -2.09. The van der Waals surface area contributed by atoms with Gasteiger partial charge in [-0.3, -0.25) is 0 Å². The molecule has 0 aliphatic rings. The highest BCUT2D eigenvalue weighted by Gasteiger charge is 2.17. The Hall–Kier alpha value is -1.91. The summed E-state index contributed by atoms with van der Waals surface area (Å²) < 4.78 is 32.0. The van der Waals surface area contributed by atoms with Gasteiger partial charge in [-0.2, -0.15) is 0 Å². The Morgan fingerprint density at radius 3 is 2.40 bits per heavy atom. The Bertz CT molecular complexity index is 764. The minimum atomic E-state index is -0.760. The van der Waals surface area contributed by atoms with Crippen LogP contribution in [0.1, 0.15) is 17.4 Å². The van der Waals surface area contributed by atoms with Crippen LogP contribution >= 0.6 is 11.6 Å². The monoisotopic (exact) mass is 293 g/mol. The average Bonchev–Trinajstić information content (AvgIpc) is 2.82. The van der Waals surface area contributed by atoms with Gasteiger partial charge in [0.2, 0.25) is 0 Å². The molecule has 2 aromatic carbocycles. The first-order valence-electron chi connectivity index (χ1n) is 5.94. The van der Waals surface area contributed by atoms with Gasteiger partial charge in [-0.1, -0.05) is 17.7 Å². The van der Waals surface area contributed by atoms with Crippen LogP contribution in [0.5, 0.6) is 0 Å². The van der Waals surface area contributed by atoms with Crippen molar-refractivity contribution in [2.45, 2.75) is 6.04 Å². The van der Waals surface area contributed by atoms with E-state index in [1.54, 1.807) is 24.3 Å². The van der Waals surface area contributed by atoms with Crippen LogP contribution < -0.4 is 5.73 Å². The molecule has 0 spiro atoms. The predicted molar refractivity (Wildman–Crippen MR) is 73.6 cm³/mol. The van der Waals surface area contributed by atoms with Crippen LogP contribution in [0, 0.1) is 11.6 Å². The first kappa shape index (κ1) is 13.1. The molecule has 20 heavy (non-hydrogen) atoms. The lowest BCUT2D eigenvalue weighted by atomic mass is 10.0. The molecule has 2 N–H and O–H groups in total. The number of hydrogen-bond donors (Lipinski definition) is 1. The summed E-state index contributed by atoms with van der Waals surface area (Å²) in [4.78, 5) is 0. The summed E-state index contributed by atoms with van der Waals surface area (Å²) in [7, 11) is 0. The number of fused-ring (bicyclic) bond motifs is 1. The second-order valence-corrected chi connectivity index (χ2v) is 4.89. The third kappa shape index (κ3) is 2.28. The number of hydrogen-bond acceptors (Lipinski definition) is 2. The fourth-order valence-corrected chi connectivity index (χ4v) is 2.34. The van der Waals surface area contributed by atoms with Crippen molar-refractivity contribution in [2.24, 2.45) is 5.73 Å². The van der Waals surface area contributed by atoms with Crippen molar-refractivity contribution in [1.29, 1.82) is 0 Å². The van der Waals surface area contributed by atoms with Crippen LogP contribution in [0.4, 0.5) is 8.78 Å². The molecule has 0 amide bonds. The number of rotatable bonds is 2. The molecule has 102 valence electrons. The predicted octanol–water partition coefficient (Wildman–Crippen LogP) is 4.41. The van der Waals surface area contributed by atoms with E-state index >= 15 is 0 Å². The highest BCUT2D eigenvalue weighted by atomic mass is 35.5. The molecule has 0 aliphatic heterocycles. The van der Waals surface area contributed by atoms with Gasteiger partial charge in [0.15, 0.2) is 0 Å². The molecule has 0 saturated carbocycles. The smallest absolute Gasteiger partial charge is 0.135 e. The molecule has 0 fully saturated rings. The normalized spacial score (nSPS) is 12.8. The topological polar surface area (TPSA) is 39.2 Å². The van der Waals surface area contributed by atoms with Gasteiger partial charge in [-0.25, -0.2) is 8.78 Å². The Morgan fingerprint density at radius 2 is 1.75 bits per heavy atom. The van der Waals surface area contributed by atoms with Crippen molar-refractivity contribution in [1.82, 2.24) is 0 Å². The standard InChI is InChI=1S/C15H10ClF2NO/c16-12-2-1-3-13-11(12)7-14(20-13)15(19)8-4-9(17)6-10(18)5-8/h1-7,15H,19H2. The zero-order valence-electron chi connectivity index (χ0n) is 10.2. The molecular weight excluding hydrogens is 284 g/mol. The molecule has 2 nitrogen and oxygen atoms in total. The van der Waals surface area contributed by atoms with Gasteiger partial charge in [-0.05, 0) is 35.9 Å². The first-order chi connectivity index (χ1) is 9.54. The van der Waals surface area contributed by atoms with E-state index in [1.807, 2.05) is 0 Å². The highest BCUT2D eigenvalue weighted by molar-refractivity contribution is 6.35. The maximum Gasteiger partial charge on any atom is 0.135 e. The maximum atomic E-state index is 13.2. The second-order valence-electron chi connectivity index (χ2n) is 4.48. The molecule has 0 bridgehead atoms. The van der Waals surface area contributed by atoms with Crippen molar-refractivity contribution < 1.29 is 13.2 Å². The number of nitrogens with two attached hydrogens (primary N) is 1. The quantitative estimate of drug-likeness (QED) is 0.760. The van der Waals surface area contributed by atoms with Gasteiger partial charge in [-0.15, -0.1) is 0 Å². The Morgan fingerprint density at radius 1 is 1.05 bits per heavy atom. The Balaban J connectivity index is 2.07. The van der Waals surface area contributed by atoms with Crippen molar-refractivity contribution in [3.8, 4) is 0 Å². The minimum Gasteiger partial charge on any atom is -0.459 e. The lowest BCUT2D eigenvalue weighted by molar-refractivity contribution is 0.519. The van der Waals surface area contributed by atoms with Crippen molar-refractivity contribution in [2.75, 3.05) is 0 Å². The van der Waals surface area contributed by atoms with Gasteiger partial charge in [0.1, 0.15) is 23.0 Å². The molecule has 3 rings (SSSR count). The molecule has 1 aromatic heterocycles. The third-order valence-electron chi connectivity index (χ3n) is 3.08. The zero-order valence-corrected chi connectivity index (χ0v) is 11.0. The minimum absolute atomic E-state index is 0.303. The molecule has 1 atom stereocenters. The molecule has 5 heteroatoms. The summed E-state index contributed by atoms with van der Waals surface area (Å²) in [6, 6.07) is 9.33. The van der Waals surface area contributed by atoms with Crippen LogP contribution in [-0.4, -0.2) is 0 Å².